The summed E-state index contributed by atoms with van der Waals surface area (Å²) in [5.74, 6) is 0. The standard InChI is InChI=1S/C23H21N3O2S/c1-19-10-12-20(13-11-19)14-16-29(27,28)26(21-7-3-2-4-8-21)18-22-17-24-23-9-5-6-15-25(22)23/h2-17H,18H2,1H3. The Hall–Kier alpha value is -3.38. The first-order valence-electron chi connectivity index (χ1n) is 9.26. The van der Waals surface area contributed by atoms with Gasteiger partial charge in [-0.3, -0.25) is 4.31 Å². The maximum absolute atomic E-state index is 13.2. The third-order valence-corrected chi connectivity index (χ3v) is 6.09. The molecule has 5 nitrogen and oxygen atoms in total. The number of nitrogens with zero attached hydrogens (tertiary/aromatic N) is 3. The second-order valence-corrected chi connectivity index (χ2v) is 8.52. The fourth-order valence-electron chi connectivity index (χ4n) is 3.09. The summed E-state index contributed by atoms with van der Waals surface area (Å²) < 4.78 is 29.8. The Kier molecular flexibility index (Phi) is 5.18. The molecule has 2 aromatic heterocycles. The Morgan fingerprint density at radius 1 is 0.966 bits per heavy atom. The molecule has 146 valence electrons. The number of hydrogen-bond donors (Lipinski definition) is 0. The summed E-state index contributed by atoms with van der Waals surface area (Å²) in [6.07, 6.45) is 5.22. The maximum Gasteiger partial charge on any atom is 0.257 e. The lowest BCUT2D eigenvalue weighted by atomic mass is 10.2. The second-order valence-electron chi connectivity index (χ2n) is 6.78. The number of imidazole rings is 1. The molecular formula is C23H21N3O2S. The van der Waals surface area contributed by atoms with Gasteiger partial charge in [-0.05, 0) is 42.8 Å². The molecule has 0 saturated heterocycles. The van der Waals surface area contributed by atoms with E-state index in [1.807, 2.05) is 78.2 Å². The fraction of sp³-hybridized carbons (Fsp3) is 0.0870. The van der Waals surface area contributed by atoms with E-state index < -0.39 is 10.0 Å². The Balaban J connectivity index is 1.71. The number of hydrogen-bond acceptors (Lipinski definition) is 3. The lowest BCUT2D eigenvalue weighted by molar-refractivity contribution is 0.598. The molecule has 0 atom stereocenters. The minimum Gasteiger partial charge on any atom is -0.302 e. The maximum atomic E-state index is 13.2. The van der Waals surface area contributed by atoms with Crippen molar-refractivity contribution in [3.05, 3.63) is 107 Å². The number of pyridine rings is 1. The van der Waals surface area contributed by atoms with Crippen molar-refractivity contribution in [2.45, 2.75) is 13.5 Å². The van der Waals surface area contributed by atoms with Crippen LogP contribution in [0.2, 0.25) is 0 Å². The number of benzene rings is 2. The highest BCUT2D eigenvalue weighted by Crippen LogP contribution is 2.23. The zero-order valence-corrected chi connectivity index (χ0v) is 16.8. The normalized spacial score (nSPS) is 11.9. The van der Waals surface area contributed by atoms with Crippen LogP contribution in [0.1, 0.15) is 16.8 Å². The van der Waals surface area contributed by atoms with Crippen LogP contribution in [0.4, 0.5) is 5.69 Å². The molecule has 0 radical (unpaired) electrons. The molecule has 0 unspecified atom stereocenters. The van der Waals surface area contributed by atoms with Crippen molar-refractivity contribution < 1.29 is 8.42 Å². The summed E-state index contributed by atoms with van der Waals surface area (Å²) >= 11 is 0. The predicted molar refractivity (Wildman–Crippen MR) is 117 cm³/mol. The zero-order valence-electron chi connectivity index (χ0n) is 16.0. The van der Waals surface area contributed by atoms with Crippen LogP contribution in [0, 0.1) is 6.92 Å². The van der Waals surface area contributed by atoms with E-state index in [1.54, 1.807) is 24.4 Å². The molecule has 0 aliphatic carbocycles. The predicted octanol–water partition coefficient (Wildman–Crippen LogP) is 4.65. The van der Waals surface area contributed by atoms with Crippen LogP contribution in [0.25, 0.3) is 11.7 Å². The fourth-order valence-corrected chi connectivity index (χ4v) is 4.29. The largest absolute Gasteiger partial charge is 0.302 e. The Bertz CT molecular complexity index is 1240. The van der Waals surface area contributed by atoms with E-state index in [-0.39, 0.29) is 6.54 Å². The molecule has 0 bridgehead atoms. The van der Waals surface area contributed by atoms with Crippen molar-refractivity contribution in [1.82, 2.24) is 9.38 Å². The average Bonchev–Trinajstić information content (AvgIpc) is 3.15. The van der Waals surface area contributed by atoms with E-state index in [2.05, 4.69) is 4.98 Å². The molecule has 0 aliphatic heterocycles. The Morgan fingerprint density at radius 3 is 2.45 bits per heavy atom. The van der Waals surface area contributed by atoms with Gasteiger partial charge in [0.05, 0.1) is 29.5 Å². The molecule has 0 saturated carbocycles. The molecule has 2 heterocycles. The van der Waals surface area contributed by atoms with Gasteiger partial charge in [-0.15, -0.1) is 0 Å². The molecule has 0 aliphatic rings. The van der Waals surface area contributed by atoms with Crippen molar-refractivity contribution in [3.63, 3.8) is 0 Å². The third kappa shape index (κ3) is 4.22. The first-order chi connectivity index (χ1) is 14.0. The summed E-state index contributed by atoms with van der Waals surface area (Å²) in [5.41, 5.74) is 4.14. The van der Waals surface area contributed by atoms with Crippen molar-refractivity contribution in [2.24, 2.45) is 0 Å². The van der Waals surface area contributed by atoms with Crippen molar-refractivity contribution in [2.75, 3.05) is 4.31 Å². The Labute approximate surface area is 170 Å². The van der Waals surface area contributed by atoms with Gasteiger partial charge in [-0.2, -0.15) is 0 Å². The summed E-state index contributed by atoms with van der Waals surface area (Å²) in [6, 6.07) is 22.5. The van der Waals surface area contributed by atoms with Gasteiger partial charge in [-0.1, -0.05) is 54.1 Å². The highest BCUT2D eigenvalue weighted by molar-refractivity contribution is 7.95. The lowest BCUT2D eigenvalue weighted by Crippen LogP contribution is -2.29. The minimum absolute atomic E-state index is 0.176. The second kappa shape index (κ2) is 7.93. The van der Waals surface area contributed by atoms with E-state index in [4.69, 9.17) is 0 Å². The SMILES string of the molecule is Cc1ccc(C=CS(=O)(=O)N(Cc2cnc3ccccn23)c2ccccc2)cc1. The van der Waals surface area contributed by atoms with E-state index in [0.717, 1.165) is 22.5 Å². The van der Waals surface area contributed by atoms with E-state index in [1.165, 1.54) is 9.71 Å². The smallest absolute Gasteiger partial charge is 0.257 e. The van der Waals surface area contributed by atoms with Crippen molar-refractivity contribution in [1.29, 1.82) is 0 Å². The molecular weight excluding hydrogens is 382 g/mol. The van der Waals surface area contributed by atoms with Gasteiger partial charge >= 0.3 is 0 Å². The van der Waals surface area contributed by atoms with E-state index in [0.29, 0.717) is 5.69 Å². The van der Waals surface area contributed by atoms with Gasteiger partial charge in [0, 0.05) is 6.20 Å². The molecule has 4 rings (SSSR count). The van der Waals surface area contributed by atoms with Crippen LogP contribution in [0.3, 0.4) is 0 Å². The van der Waals surface area contributed by atoms with Gasteiger partial charge < -0.3 is 4.40 Å². The number of sulfonamides is 1. The van der Waals surface area contributed by atoms with Crippen LogP contribution in [0.5, 0.6) is 0 Å². The van der Waals surface area contributed by atoms with Crippen molar-refractivity contribution >= 4 is 27.4 Å². The third-order valence-electron chi connectivity index (χ3n) is 4.66. The van der Waals surface area contributed by atoms with Crippen LogP contribution in [-0.4, -0.2) is 17.8 Å². The summed E-state index contributed by atoms with van der Waals surface area (Å²) in [4.78, 5) is 4.37. The first kappa shape index (κ1) is 19.0. The van der Waals surface area contributed by atoms with Crippen LogP contribution < -0.4 is 4.31 Å². The number of rotatable bonds is 6. The number of aromatic nitrogens is 2. The number of fused-ring (bicyclic) bond motifs is 1. The quantitative estimate of drug-likeness (QED) is 0.471. The Morgan fingerprint density at radius 2 is 1.69 bits per heavy atom. The van der Waals surface area contributed by atoms with Gasteiger partial charge in [0.25, 0.3) is 10.0 Å². The van der Waals surface area contributed by atoms with Gasteiger partial charge in [0.2, 0.25) is 0 Å². The topological polar surface area (TPSA) is 54.7 Å². The summed E-state index contributed by atoms with van der Waals surface area (Å²) in [5, 5.41) is 1.26. The number of para-hydroxylation sites is 1. The molecule has 0 amide bonds. The minimum atomic E-state index is -3.72. The van der Waals surface area contributed by atoms with E-state index >= 15 is 0 Å². The number of aryl methyl sites for hydroxylation is 1. The zero-order chi connectivity index (χ0) is 20.3. The molecule has 0 fully saturated rings. The van der Waals surface area contributed by atoms with Crippen LogP contribution in [-0.2, 0) is 16.6 Å². The molecule has 0 N–H and O–H groups in total. The van der Waals surface area contributed by atoms with E-state index in [9.17, 15) is 8.42 Å². The molecule has 6 heteroatoms. The summed E-state index contributed by atoms with van der Waals surface area (Å²) in [6.45, 7) is 2.17. The monoisotopic (exact) mass is 403 g/mol. The van der Waals surface area contributed by atoms with Crippen molar-refractivity contribution in [3.8, 4) is 0 Å². The number of anilines is 1. The molecule has 4 aromatic rings. The molecule has 29 heavy (non-hydrogen) atoms. The van der Waals surface area contributed by atoms with Gasteiger partial charge in [0.1, 0.15) is 5.65 Å². The first-order valence-corrected chi connectivity index (χ1v) is 10.8. The van der Waals surface area contributed by atoms with Crippen LogP contribution in [0.15, 0.2) is 90.6 Å². The van der Waals surface area contributed by atoms with Crippen LogP contribution >= 0.6 is 0 Å². The molecule has 2 aromatic carbocycles. The van der Waals surface area contributed by atoms with Gasteiger partial charge in [0.15, 0.2) is 0 Å². The highest BCUT2D eigenvalue weighted by Gasteiger charge is 2.21. The lowest BCUT2D eigenvalue weighted by Gasteiger charge is -2.22. The highest BCUT2D eigenvalue weighted by atomic mass is 32.2. The summed E-state index contributed by atoms with van der Waals surface area (Å²) in [7, 11) is -3.72. The van der Waals surface area contributed by atoms with Gasteiger partial charge in [-0.25, -0.2) is 13.4 Å². The average molecular weight is 404 g/mol. The molecule has 0 spiro atoms.